The zero-order chi connectivity index (χ0) is 15.4. The van der Waals surface area contributed by atoms with Crippen LogP contribution in [0, 0.1) is 0 Å². The normalized spacial score (nSPS) is 19.1. The first-order valence-corrected chi connectivity index (χ1v) is 8.14. The van der Waals surface area contributed by atoms with Crippen molar-refractivity contribution in [3.05, 3.63) is 59.9 Å². The summed E-state index contributed by atoms with van der Waals surface area (Å²) in [7, 11) is 4.16. The molecule has 1 unspecified atom stereocenters. The summed E-state index contributed by atoms with van der Waals surface area (Å²) in [4.78, 5) is 9.04. The van der Waals surface area contributed by atoms with Crippen LogP contribution in [0.2, 0.25) is 0 Å². The fraction of sp³-hybridized carbons (Fsp3) is 0.421. The molecule has 1 atom stereocenters. The standard InChI is InChI=1S/C19H25N3/c1-21(2)18-10-8-16(9-11-18)15-22-13-4-3-7-19(22)17-6-5-12-20-14-17/h5-6,8-12,14,19H,3-4,7,13,15H2,1-2H3. The minimum Gasteiger partial charge on any atom is -0.378 e. The molecule has 0 spiro atoms. The predicted octanol–water partition coefficient (Wildman–Crippen LogP) is 3.87. The first kappa shape index (κ1) is 15.0. The number of rotatable bonds is 4. The van der Waals surface area contributed by atoms with Crippen LogP contribution in [0.1, 0.15) is 36.4 Å². The minimum atomic E-state index is 0.510. The van der Waals surface area contributed by atoms with E-state index in [1.807, 2.05) is 18.5 Å². The third-order valence-corrected chi connectivity index (χ3v) is 4.52. The van der Waals surface area contributed by atoms with Crippen LogP contribution in [0.3, 0.4) is 0 Å². The maximum absolute atomic E-state index is 4.30. The first-order chi connectivity index (χ1) is 10.7. The van der Waals surface area contributed by atoms with E-state index in [9.17, 15) is 0 Å². The molecule has 0 aliphatic carbocycles. The van der Waals surface area contributed by atoms with Crippen molar-refractivity contribution in [3.8, 4) is 0 Å². The second-order valence-corrected chi connectivity index (χ2v) is 6.33. The second-order valence-electron chi connectivity index (χ2n) is 6.33. The Morgan fingerprint density at radius 3 is 2.64 bits per heavy atom. The monoisotopic (exact) mass is 295 g/mol. The smallest absolute Gasteiger partial charge is 0.0366 e. The van der Waals surface area contributed by atoms with Crippen molar-refractivity contribution in [3.63, 3.8) is 0 Å². The third-order valence-electron chi connectivity index (χ3n) is 4.52. The zero-order valence-corrected chi connectivity index (χ0v) is 13.6. The van der Waals surface area contributed by atoms with Gasteiger partial charge in [-0.15, -0.1) is 0 Å². The largest absolute Gasteiger partial charge is 0.378 e. The highest BCUT2D eigenvalue weighted by molar-refractivity contribution is 5.46. The van der Waals surface area contributed by atoms with Crippen molar-refractivity contribution in [2.45, 2.75) is 31.8 Å². The summed E-state index contributed by atoms with van der Waals surface area (Å²) >= 11 is 0. The number of anilines is 1. The molecule has 0 N–H and O–H groups in total. The number of piperidine rings is 1. The molecule has 0 radical (unpaired) electrons. The second kappa shape index (κ2) is 6.93. The molecule has 1 aliphatic heterocycles. The Hall–Kier alpha value is -1.87. The lowest BCUT2D eigenvalue weighted by Crippen LogP contribution is -2.33. The third kappa shape index (κ3) is 3.47. The number of likely N-dealkylation sites (tertiary alicyclic amines) is 1. The van der Waals surface area contributed by atoms with Gasteiger partial charge in [-0.3, -0.25) is 9.88 Å². The van der Waals surface area contributed by atoms with Crippen molar-refractivity contribution in [2.24, 2.45) is 0 Å². The summed E-state index contributed by atoms with van der Waals surface area (Å²) in [5, 5.41) is 0. The molecular formula is C19H25N3. The van der Waals surface area contributed by atoms with E-state index in [0.717, 1.165) is 6.54 Å². The topological polar surface area (TPSA) is 19.4 Å². The number of aromatic nitrogens is 1. The molecule has 1 fully saturated rings. The van der Waals surface area contributed by atoms with Crippen LogP contribution in [0.25, 0.3) is 0 Å². The highest BCUT2D eigenvalue weighted by Crippen LogP contribution is 2.31. The molecule has 2 aromatic rings. The van der Waals surface area contributed by atoms with Crippen LogP contribution in [-0.4, -0.2) is 30.5 Å². The van der Waals surface area contributed by atoms with Gasteiger partial charge in [-0.05, 0) is 48.7 Å². The van der Waals surface area contributed by atoms with Crippen molar-refractivity contribution >= 4 is 5.69 Å². The number of hydrogen-bond donors (Lipinski definition) is 0. The molecule has 0 amide bonds. The summed E-state index contributed by atoms with van der Waals surface area (Å²) in [5.41, 5.74) is 4.00. The molecule has 1 saturated heterocycles. The molecule has 1 aromatic carbocycles. The Bertz CT molecular complexity index is 577. The molecule has 3 nitrogen and oxygen atoms in total. The van der Waals surface area contributed by atoms with Crippen molar-refractivity contribution in [1.82, 2.24) is 9.88 Å². The average Bonchev–Trinajstić information content (AvgIpc) is 2.57. The number of benzene rings is 1. The van der Waals surface area contributed by atoms with Gasteiger partial charge in [0.1, 0.15) is 0 Å². The van der Waals surface area contributed by atoms with Gasteiger partial charge in [0.05, 0.1) is 0 Å². The number of nitrogens with zero attached hydrogens (tertiary/aromatic N) is 3. The van der Waals surface area contributed by atoms with E-state index in [1.54, 1.807) is 0 Å². The summed E-state index contributed by atoms with van der Waals surface area (Å²) in [6.45, 7) is 2.20. The molecule has 1 aromatic heterocycles. The first-order valence-electron chi connectivity index (χ1n) is 8.14. The molecule has 0 bridgehead atoms. The van der Waals surface area contributed by atoms with Gasteiger partial charge in [0.15, 0.2) is 0 Å². The molecule has 0 saturated carbocycles. The summed E-state index contributed by atoms with van der Waals surface area (Å²) in [5.74, 6) is 0. The lowest BCUT2D eigenvalue weighted by Gasteiger charge is -2.36. The van der Waals surface area contributed by atoms with Gasteiger partial charge in [-0.2, -0.15) is 0 Å². The highest BCUT2D eigenvalue weighted by atomic mass is 15.2. The maximum Gasteiger partial charge on any atom is 0.0366 e. The van der Waals surface area contributed by atoms with Crippen LogP contribution in [0.5, 0.6) is 0 Å². The van der Waals surface area contributed by atoms with Gasteiger partial charge in [0.25, 0.3) is 0 Å². The molecular weight excluding hydrogens is 270 g/mol. The van der Waals surface area contributed by atoms with E-state index in [-0.39, 0.29) is 0 Å². The van der Waals surface area contributed by atoms with E-state index in [1.165, 1.54) is 42.6 Å². The lowest BCUT2D eigenvalue weighted by molar-refractivity contribution is 0.140. The Morgan fingerprint density at radius 2 is 1.95 bits per heavy atom. The quantitative estimate of drug-likeness (QED) is 0.853. The Kier molecular flexibility index (Phi) is 4.74. The van der Waals surface area contributed by atoms with Gasteiger partial charge in [-0.25, -0.2) is 0 Å². The van der Waals surface area contributed by atoms with E-state index in [0.29, 0.717) is 6.04 Å². The summed E-state index contributed by atoms with van der Waals surface area (Å²) in [6.07, 6.45) is 7.73. The number of pyridine rings is 1. The van der Waals surface area contributed by atoms with Crippen LogP contribution in [0.15, 0.2) is 48.8 Å². The Balaban J connectivity index is 1.74. The van der Waals surface area contributed by atoms with Gasteiger partial charge < -0.3 is 4.90 Å². The average molecular weight is 295 g/mol. The van der Waals surface area contributed by atoms with Crippen LogP contribution in [0.4, 0.5) is 5.69 Å². The van der Waals surface area contributed by atoms with Gasteiger partial charge in [0.2, 0.25) is 0 Å². The van der Waals surface area contributed by atoms with Crippen molar-refractivity contribution in [1.29, 1.82) is 0 Å². The summed E-state index contributed by atoms with van der Waals surface area (Å²) < 4.78 is 0. The molecule has 22 heavy (non-hydrogen) atoms. The zero-order valence-electron chi connectivity index (χ0n) is 13.6. The summed E-state index contributed by atoms with van der Waals surface area (Å²) in [6, 6.07) is 13.7. The van der Waals surface area contributed by atoms with Crippen LogP contribution < -0.4 is 4.90 Å². The minimum absolute atomic E-state index is 0.510. The Labute approximate surface area is 133 Å². The van der Waals surface area contributed by atoms with E-state index < -0.39 is 0 Å². The van der Waals surface area contributed by atoms with Crippen LogP contribution >= 0.6 is 0 Å². The molecule has 3 heteroatoms. The van der Waals surface area contributed by atoms with Crippen LogP contribution in [-0.2, 0) is 6.54 Å². The maximum atomic E-state index is 4.30. The van der Waals surface area contributed by atoms with E-state index in [4.69, 9.17) is 0 Å². The van der Waals surface area contributed by atoms with E-state index in [2.05, 4.69) is 59.2 Å². The van der Waals surface area contributed by atoms with E-state index >= 15 is 0 Å². The van der Waals surface area contributed by atoms with Crippen molar-refractivity contribution < 1.29 is 0 Å². The molecule has 2 heterocycles. The van der Waals surface area contributed by atoms with Crippen molar-refractivity contribution in [2.75, 3.05) is 25.5 Å². The predicted molar refractivity (Wildman–Crippen MR) is 92.0 cm³/mol. The Morgan fingerprint density at radius 1 is 1.14 bits per heavy atom. The SMILES string of the molecule is CN(C)c1ccc(CN2CCCCC2c2cccnc2)cc1. The highest BCUT2D eigenvalue weighted by Gasteiger charge is 2.23. The lowest BCUT2D eigenvalue weighted by atomic mass is 9.96. The van der Waals surface area contributed by atoms with Gasteiger partial charge >= 0.3 is 0 Å². The fourth-order valence-electron chi connectivity index (χ4n) is 3.26. The number of hydrogen-bond acceptors (Lipinski definition) is 3. The molecule has 1 aliphatic rings. The molecule has 3 rings (SSSR count). The van der Waals surface area contributed by atoms with Gasteiger partial charge in [0, 0.05) is 44.8 Å². The fourth-order valence-corrected chi connectivity index (χ4v) is 3.26. The molecule has 116 valence electrons. The van der Waals surface area contributed by atoms with Gasteiger partial charge in [-0.1, -0.05) is 24.6 Å².